The van der Waals surface area contributed by atoms with Gasteiger partial charge in [0.2, 0.25) is 0 Å². The molecule has 2 N–H and O–H groups in total. The molecule has 5 nitrogen and oxygen atoms in total. The number of carboxylic acids is 1. The van der Waals surface area contributed by atoms with Gasteiger partial charge in [-0.15, -0.1) is 0 Å². The van der Waals surface area contributed by atoms with E-state index in [1.165, 1.54) is 17.7 Å². The van der Waals surface area contributed by atoms with Crippen LogP contribution >= 0.6 is 0 Å². The minimum atomic E-state index is -1.14. The van der Waals surface area contributed by atoms with E-state index in [0.717, 1.165) is 59.1 Å². The van der Waals surface area contributed by atoms with Gasteiger partial charge in [-0.1, -0.05) is 0 Å². The minimum absolute atomic E-state index is 0.0639. The number of pyridine rings is 1. The lowest BCUT2D eigenvalue weighted by Gasteiger charge is -2.22. The van der Waals surface area contributed by atoms with Crippen LogP contribution in [0.5, 0.6) is 0 Å². The van der Waals surface area contributed by atoms with Gasteiger partial charge in [0.25, 0.3) is 0 Å². The van der Waals surface area contributed by atoms with Crippen LogP contribution in [0.4, 0.5) is 4.39 Å². The number of H-pyrrole nitrogens is 1. The summed E-state index contributed by atoms with van der Waals surface area (Å²) in [4.78, 5) is 15.9. The molecule has 5 rings (SSSR count). The molecule has 2 heterocycles. The summed E-state index contributed by atoms with van der Waals surface area (Å²) in [5.41, 5.74) is 4.94. The molecule has 0 saturated carbocycles. The molecular weight excluding hydrogens is 345 g/mol. The van der Waals surface area contributed by atoms with E-state index in [2.05, 4.69) is 10.2 Å². The monoisotopic (exact) mass is 361 g/mol. The molecule has 6 heteroatoms. The van der Waals surface area contributed by atoms with Gasteiger partial charge in [-0.05, 0) is 67.1 Å². The molecule has 0 fully saturated rings. The smallest absolute Gasteiger partial charge is 0.335 e. The molecule has 2 aromatic carbocycles. The first-order valence-corrected chi connectivity index (χ1v) is 8.94. The van der Waals surface area contributed by atoms with Gasteiger partial charge in [-0.2, -0.15) is 5.10 Å². The van der Waals surface area contributed by atoms with Gasteiger partial charge >= 0.3 is 5.97 Å². The van der Waals surface area contributed by atoms with Crippen molar-refractivity contribution in [3.63, 3.8) is 0 Å². The van der Waals surface area contributed by atoms with Gasteiger partial charge in [0.15, 0.2) is 0 Å². The van der Waals surface area contributed by atoms with Crippen molar-refractivity contribution in [3.8, 4) is 11.3 Å². The van der Waals surface area contributed by atoms with Crippen molar-refractivity contribution in [1.29, 1.82) is 0 Å². The third-order valence-electron chi connectivity index (χ3n) is 5.36. The number of aromatic nitrogens is 3. The molecule has 0 radical (unpaired) electrons. The lowest BCUT2D eigenvalue weighted by molar-refractivity contribution is 0.0696. The van der Waals surface area contributed by atoms with Crippen LogP contribution in [0.2, 0.25) is 0 Å². The molecule has 0 saturated heterocycles. The molecule has 4 aromatic rings. The number of halogens is 1. The number of carbonyl (C=O) groups is 1. The summed E-state index contributed by atoms with van der Waals surface area (Å²) in [5.74, 6) is -1.70. The van der Waals surface area contributed by atoms with Gasteiger partial charge in [-0.25, -0.2) is 14.2 Å². The molecule has 27 heavy (non-hydrogen) atoms. The van der Waals surface area contributed by atoms with Crippen molar-refractivity contribution < 1.29 is 14.3 Å². The number of carboxylic acid groups (broad SMARTS) is 1. The van der Waals surface area contributed by atoms with Crippen LogP contribution < -0.4 is 0 Å². The largest absolute Gasteiger partial charge is 0.478 e. The molecule has 0 spiro atoms. The zero-order chi connectivity index (χ0) is 18.5. The van der Waals surface area contributed by atoms with E-state index in [1.807, 2.05) is 18.3 Å². The van der Waals surface area contributed by atoms with Crippen molar-refractivity contribution >= 4 is 27.8 Å². The number of nitrogens with zero attached hydrogens (tertiary/aromatic N) is 2. The van der Waals surface area contributed by atoms with E-state index in [1.54, 1.807) is 0 Å². The van der Waals surface area contributed by atoms with Crippen LogP contribution in [-0.4, -0.2) is 26.3 Å². The molecule has 2 aromatic heterocycles. The summed E-state index contributed by atoms with van der Waals surface area (Å²) < 4.78 is 14.8. The standard InChI is InChI=1S/C21H16FN3O2/c22-16-9-11(21(26)27)5-6-14(16)20-13-4-2-1-3-12(13)19-15-10-23-25-17(15)7-8-18(19)24-20/h5-10H,1-4H2,(H,23,25)(H,26,27). The highest BCUT2D eigenvalue weighted by molar-refractivity contribution is 6.07. The molecule has 134 valence electrons. The summed E-state index contributed by atoms with van der Waals surface area (Å²) in [6, 6.07) is 7.88. The van der Waals surface area contributed by atoms with E-state index in [0.29, 0.717) is 11.3 Å². The van der Waals surface area contributed by atoms with Gasteiger partial charge in [0.05, 0.1) is 28.5 Å². The summed E-state index contributed by atoms with van der Waals surface area (Å²) in [6.07, 6.45) is 5.68. The van der Waals surface area contributed by atoms with E-state index in [9.17, 15) is 9.18 Å². The summed E-state index contributed by atoms with van der Waals surface area (Å²) >= 11 is 0. The van der Waals surface area contributed by atoms with Crippen LogP contribution in [0.1, 0.15) is 34.3 Å². The van der Waals surface area contributed by atoms with Crippen molar-refractivity contribution in [2.45, 2.75) is 25.7 Å². The summed E-state index contributed by atoms with van der Waals surface area (Å²) in [7, 11) is 0. The van der Waals surface area contributed by atoms with Gasteiger partial charge in [-0.3, -0.25) is 5.10 Å². The first-order valence-electron chi connectivity index (χ1n) is 8.94. The topological polar surface area (TPSA) is 78.9 Å². The maximum atomic E-state index is 14.8. The van der Waals surface area contributed by atoms with Crippen molar-refractivity contribution in [1.82, 2.24) is 15.2 Å². The zero-order valence-electron chi connectivity index (χ0n) is 14.4. The Bertz CT molecular complexity index is 1230. The van der Waals surface area contributed by atoms with Crippen LogP contribution in [0.15, 0.2) is 36.5 Å². The highest BCUT2D eigenvalue weighted by atomic mass is 19.1. The van der Waals surface area contributed by atoms with Crippen molar-refractivity contribution in [2.24, 2.45) is 0 Å². The predicted octanol–water partition coefficient (Wildman–Crippen LogP) is 4.49. The number of fused-ring (bicyclic) bond motifs is 5. The minimum Gasteiger partial charge on any atom is -0.478 e. The first-order chi connectivity index (χ1) is 13.1. The van der Waals surface area contributed by atoms with E-state index < -0.39 is 11.8 Å². The van der Waals surface area contributed by atoms with Gasteiger partial charge < -0.3 is 5.11 Å². The van der Waals surface area contributed by atoms with Crippen LogP contribution in [-0.2, 0) is 12.8 Å². The third-order valence-corrected chi connectivity index (χ3v) is 5.36. The fourth-order valence-corrected chi connectivity index (χ4v) is 4.11. The molecule has 0 aliphatic heterocycles. The number of aromatic amines is 1. The van der Waals surface area contributed by atoms with E-state index in [-0.39, 0.29) is 5.56 Å². The predicted molar refractivity (Wildman–Crippen MR) is 100 cm³/mol. The van der Waals surface area contributed by atoms with Crippen molar-refractivity contribution in [3.05, 3.63) is 59.0 Å². The number of benzene rings is 2. The van der Waals surface area contributed by atoms with E-state index in [4.69, 9.17) is 10.1 Å². The highest BCUT2D eigenvalue weighted by Crippen LogP contribution is 2.38. The maximum Gasteiger partial charge on any atom is 0.335 e. The lowest BCUT2D eigenvalue weighted by Crippen LogP contribution is -2.09. The zero-order valence-corrected chi connectivity index (χ0v) is 14.4. The Kier molecular flexibility index (Phi) is 3.47. The SMILES string of the molecule is O=C(O)c1ccc(-c2nc3ccc4[nH]ncc4c3c3c2CCCC3)c(F)c1. The molecule has 0 amide bonds. The third kappa shape index (κ3) is 2.40. The van der Waals surface area contributed by atoms with Crippen LogP contribution in [0.3, 0.4) is 0 Å². The quantitative estimate of drug-likeness (QED) is 0.551. The van der Waals surface area contributed by atoms with Crippen LogP contribution in [0, 0.1) is 5.82 Å². The Labute approximate surface area is 153 Å². The lowest BCUT2D eigenvalue weighted by atomic mass is 9.85. The Balaban J connectivity index is 1.83. The molecule has 0 unspecified atom stereocenters. The summed E-state index contributed by atoms with van der Waals surface area (Å²) in [5, 5.41) is 18.4. The Morgan fingerprint density at radius 2 is 1.93 bits per heavy atom. The molecular formula is C21H16FN3O2. The number of aromatic carboxylic acids is 1. The molecule has 0 bridgehead atoms. The second kappa shape index (κ2) is 5.87. The number of aryl methyl sites for hydroxylation is 1. The van der Waals surface area contributed by atoms with Gasteiger partial charge in [0, 0.05) is 16.3 Å². The second-order valence-corrected chi connectivity index (χ2v) is 6.92. The fraction of sp³-hybridized carbons (Fsp3) is 0.190. The molecule has 1 aliphatic carbocycles. The Hall–Kier alpha value is -3.28. The molecule has 0 atom stereocenters. The first kappa shape index (κ1) is 15.9. The van der Waals surface area contributed by atoms with Crippen molar-refractivity contribution in [2.75, 3.05) is 0 Å². The number of hydrogen-bond donors (Lipinski definition) is 2. The molecule has 1 aliphatic rings. The maximum absolute atomic E-state index is 14.8. The summed E-state index contributed by atoms with van der Waals surface area (Å²) in [6.45, 7) is 0. The number of rotatable bonds is 2. The van der Waals surface area contributed by atoms with Crippen LogP contribution in [0.25, 0.3) is 33.1 Å². The Morgan fingerprint density at radius 1 is 1.11 bits per heavy atom. The van der Waals surface area contributed by atoms with Gasteiger partial charge in [0.1, 0.15) is 5.82 Å². The fourth-order valence-electron chi connectivity index (χ4n) is 4.11. The van der Waals surface area contributed by atoms with E-state index >= 15 is 0 Å². The normalized spacial score (nSPS) is 13.8. The number of hydrogen-bond acceptors (Lipinski definition) is 3. The highest BCUT2D eigenvalue weighted by Gasteiger charge is 2.23. The average Bonchev–Trinajstić information content (AvgIpc) is 3.16. The second-order valence-electron chi connectivity index (χ2n) is 6.92. The Morgan fingerprint density at radius 3 is 2.70 bits per heavy atom. The number of nitrogens with one attached hydrogen (secondary N) is 1. The average molecular weight is 361 g/mol.